The first-order valence-electron chi connectivity index (χ1n) is 5.26. The van der Waals surface area contributed by atoms with E-state index >= 15 is 0 Å². The molecule has 0 amide bonds. The largest absolute Gasteiger partial charge is 0.369 e. The molecule has 0 aliphatic heterocycles. The van der Waals surface area contributed by atoms with Crippen molar-refractivity contribution in [3.63, 3.8) is 0 Å². The number of hydrogen-bond donors (Lipinski definition) is 0. The first kappa shape index (κ1) is 11.4. The van der Waals surface area contributed by atoms with Crippen molar-refractivity contribution in [2.45, 2.75) is 31.5 Å². The topological polar surface area (TPSA) is 9.23 Å². The van der Waals surface area contributed by atoms with E-state index in [1.807, 2.05) is 24.3 Å². The van der Waals surface area contributed by atoms with Crippen molar-refractivity contribution in [1.29, 1.82) is 0 Å². The molecule has 1 unspecified atom stereocenters. The van der Waals surface area contributed by atoms with Gasteiger partial charge in [0.25, 0.3) is 0 Å². The van der Waals surface area contributed by atoms with E-state index in [4.69, 9.17) is 16.3 Å². The van der Waals surface area contributed by atoms with Crippen LogP contribution in [-0.4, -0.2) is 11.4 Å². The van der Waals surface area contributed by atoms with Crippen LogP contribution in [0.1, 0.15) is 30.9 Å². The molecule has 0 saturated heterocycles. The number of rotatable bonds is 4. The van der Waals surface area contributed by atoms with Gasteiger partial charge in [-0.05, 0) is 37.0 Å². The third-order valence-corrected chi connectivity index (χ3v) is 3.63. The van der Waals surface area contributed by atoms with Crippen LogP contribution in [0.25, 0.3) is 0 Å². The Morgan fingerprint density at radius 3 is 2.47 bits per heavy atom. The van der Waals surface area contributed by atoms with E-state index in [0.717, 1.165) is 10.4 Å². The van der Waals surface area contributed by atoms with Crippen molar-refractivity contribution in [3.05, 3.63) is 34.9 Å². The van der Waals surface area contributed by atoms with Gasteiger partial charge < -0.3 is 4.74 Å². The van der Waals surface area contributed by atoms with E-state index < -0.39 is 0 Å². The molecular weight excluding hydrogens is 275 g/mol. The van der Waals surface area contributed by atoms with Crippen molar-refractivity contribution in [1.82, 2.24) is 0 Å². The van der Waals surface area contributed by atoms with E-state index in [2.05, 4.69) is 15.9 Å². The summed E-state index contributed by atoms with van der Waals surface area (Å²) in [5.74, 6) is 0. The normalized spacial score (nSPS) is 18.5. The van der Waals surface area contributed by atoms with Gasteiger partial charge in [-0.15, -0.1) is 0 Å². The molecule has 2 rings (SSSR count). The highest BCUT2D eigenvalue weighted by molar-refractivity contribution is 9.09. The molecular formula is C12H14BrClO. The van der Waals surface area contributed by atoms with Crippen molar-refractivity contribution in [2.75, 3.05) is 5.33 Å². The van der Waals surface area contributed by atoms with Crippen molar-refractivity contribution >= 4 is 27.5 Å². The lowest BCUT2D eigenvalue weighted by Crippen LogP contribution is -2.24. The first-order valence-corrected chi connectivity index (χ1v) is 6.76. The average molecular weight is 290 g/mol. The van der Waals surface area contributed by atoms with Crippen molar-refractivity contribution < 1.29 is 4.74 Å². The highest BCUT2D eigenvalue weighted by Gasteiger charge is 2.22. The molecule has 1 fully saturated rings. The molecule has 15 heavy (non-hydrogen) atoms. The first-order chi connectivity index (χ1) is 7.29. The summed E-state index contributed by atoms with van der Waals surface area (Å²) in [5, 5.41) is 1.61. The Bertz CT molecular complexity index is 308. The Hall–Kier alpha value is -0.0500. The Morgan fingerprint density at radius 1 is 1.33 bits per heavy atom. The third-order valence-electron chi connectivity index (χ3n) is 2.79. The summed E-state index contributed by atoms with van der Waals surface area (Å²) >= 11 is 9.35. The quantitative estimate of drug-likeness (QED) is 0.749. The van der Waals surface area contributed by atoms with Gasteiger partial charge in [0.05, 0.1) is 12.2 Å². The van der Waals surface area contributed by atoms with E-state index in [0.29, 0.717) is 6.10 Å². The zero-order chi connectivity index (χ0) is 10.7. The number of hydrogen-bond acceptors (Lipinski definition) is 1. The summed E-state index contributed by atoms with van der Waals surface area (Å²) in [6.45, 7) is 0. The fraction of sp³-hybridized carbons (Fsp3) is 0.500. The van der Waals surface area contributed by atoms with E-state index in [1.165, 1.54) is 24.8 Å². The van der Waals surface area contributed by atoms with Gasteiger partial charge in [-0.3, -0.25) is 0 Å². The van der Waals surface area contributed by atoms with Gasteiger partial charge in [0.2, 0.25) is 0 Å². The molecule has 1 aliphatic carbocycles. The fourth-order valence-corrected chi connectivity index (χ4v) is 2.27. The second-order valence-corrected chi connectivity index (χ2v) is 4.97. The van der Waals surface area contributed by atoms with Gasteiger partial charge in [0.1, 0.15) is 0 Å². The maximum atomic E-state index is 5.97. The van der Waals surface area contributed by atoms with Gasteiger partial charge in [0, 0.05) is 10.4 Å². The molecule has 1 aliphatic rings. The molecule has 1 nitrogen and oxygen atoms in total. The smallest absolute Gasteiger partial charge is 0.0925 e. The number of halogens is 2. The Kier molecular flexibility index (Phi) is 4.06. The molecule has 0 aromatic heterocycles. The highest BCUT2D eigenvalue weighted by atomic mass is 79.9. The Balaban J connectivity index is 2.01. The van der Waals surface area contributed by atoms with Crippen LogP contribution in [-0.2, 0) is 4.74 Å². The molecule has 0 spiro atoms. The van der Waals surface area contributed by atoms with Gasteiger partial charge in [-0.2, -0.15) is 0 Å². The van der Waals surface area contributed by atoms with Crippen molar-refractivity contribution in [3.8, 4) is 0 Å². The monoisotopic (exact) mass is 288 g/mol. The number of benzene rings is 1. The third kappa shape index (κ3) is 2.96. The minimum absolute atomic E-state index is 0.160. The zero-order valence-corrected chi connectivity index (χ0v) is 10.8. The molecule has 0 heterocycles. The minimum Gasteiger partial charge on any atom is -0.369 e. The molecule has 0 bridgehead atoms. The molecule has 1 atom stereocenters. The van der Waals surface area contributed by atoms with E-state index in [9.17, 15) is 0 Å². The SMILES string of the molecule is Clc1ccc(C(CBr)OC2CCC2)cc1. The maximum Gasteiger partial charge on any atom is 0.0925 e. The van der Waals surface area contributed by atoms with Crippen LogP contribution in [0.2, 0.25) is 5.02 Å². The standard InChI is InChI=1S/C12H14BrClO/c13-8-12(15-11-2-1-3-11)9-4-6-10(14)7-5-9/h4-7,11-12H,1-3,8H2. The lowest BCUT2D eigenvalue weighted by atomic mass is 9.96. The van der Waals surface area contributed by atoms with E-state index in [1.54, 1.807) is 0 Å². The average Bonchev–Trinajstić information content (AvgIpc) is 2.19. The highest BCUT2D eigenvalue weighted by Crippen LogP contribution is 2.30. The van der Waals surface area contributed by atoms with Gasteiger partial charge in [-0.25, -0.2) is 0 Å². The minimum atomic E-state index is 0.160. The molecule has 1 saturated carbocycles. The molecule has 1 aromatic carbocycles. The maximum absolute atomic E-state index is 5.97. The lowest BCUT2D eigenvalue weighted by Gasteiger charge is -2.30. The van der Waals surface area contributed by atoms with E-state index in [-0.39, 0.29) is 6.10 Å². The summed E-state index contributed by atoms with van der Waals surface area (Å²) < 4.78 is 5.97. The van der Waals surface area contributed by atoms with Crippen LogP contribution in [0, 0.1) is 0 Å². The summed E-state index contributed by atoms with van der Waals surface area (Å²) in [6.07, 6.45) is 4.34. The van der Waals surface area contributed by atoms with Gasteiger partial charge in [0.15, 0.2) is 0 Å². The molecule has 82 valence electrons. The van der Waals surface area contributed by atoms with Crippen LogP contribution in [0.5, 0.6) is 0 Å². The number of ether oxygens (including phenoxy) is 1. The van der Waals surface area contributed by atoms with Crippen LogP contribution in [0.4, 0.5) is 0 Å². The number of alkyl halides is 1. The Morgan fingerprint density at radius 2 is 2.00 bits per heavy atom. The fourth-order valence-electron chi connectivity index (χ4n) is 1.62. The lowest BCUT2D eigenvalue weighted by molar-refractivity contribution is -0.0418. The predicted octanol–water partition coefficient (Wildman–Crippen LogP) is 4.35. The zero-order valence-electron chi connectivity index (χ0n) is 8.46. The predicted molar refractivity (Wildman–Crippen MR) is 66.7 cm³/mol. The molecule has 0 N–H and O–H groups in total. The van der Waals surface area contributed by atoms with Crippen LogP contribution in [0.3, 0.4) is 0 Å². The summed E-state index contributed by atoms with van der Waals surface area (Å²) in [4.78, 5) is 0. The Labute approximate surface area is 104 Å². The van der Waals surface area contributed by atoms with Crippen LogP contribution < -0.4 is 0 Å². The molecule has 0 radical (unpaired) electrons. The molecule has 1 aromatic rings. The summed E-state index contributed by atoms with van der Waals surface area (Å²) in [6, 6.07) is 7.90. The van der Waals surface area contributed by atoms with Crippen molar-refractivity contribution in [2.24, 2.45) is 0 Å². The molecule has 3 heteroatoms. The van der Waals surface area contributed by atoms with Crippen LogP contribution >= 0.6 is 27.5 Å². The van der Waals surface area contributed by atoms with Crippen LogP contribution in [0.15, 0.2) is 24.3 Å². The second kappa shape index (κ2) is 5.33. The summed E-state index contributed by atoms with van der Waals surface area (Å²) in [7, 11) is 0. The van der Waals surface area contributed by atoms with Gasteiger partial charge >= 0.3 is 0 Å². The summed E-state index contributed by atoms with van der Waals surface area (Å²) in [5.41, 5.74) is 1.20. The van der Waals surface area contributed by atoms with Gasteiger partial charge in [-0.1, -0.05) is 39.7 Å². The second-order valence-electron chi connectivity index (χ2n) is 3.88.